The van der Waals surface area contributed by atoms with Crippen LogP contribution in [-0.4, -0.2) is 32.6 Å². The number of fused-ring (bicyclic) bond motifs is 1. The molecular weight excluding hydrogens is 342 g/mol. The van der Waals surface area contributed by atoms with Crippen LogP contribution in [0.25, 0.3) is 11.0 Å². The Morgan fingerprint density at radius 3 is 2.48 bits per heavy atom. The third kappa shape index (κ3) is 3.97. The van der Waals surface area contributed by atoms with E-state index >= 15 is 0 Å². The maximum atomic E-state index is 12.9. The average molecular weight is 365 g/mol. The van der Waals surface area contributed by atoms with E-state index in [1.54, 1.807) is 23.0 Å². The molecule has 0 aliphatic rings. The summed E-state index contributed by atoms with van der Waals surface area (Å²) in [5.41, 5.74) is 6.85. The van der Waals surface area contributed by atoms with Crippen molar-refractivity contribution in [3.05, 3.63) is 59.9 Å². The van der Waals surface area contributed by atoms with Gasteiger partial charge in [0.25, 0.3) is 5.91 Å². The first kappa shape index (κ1) is 18.6. The van der Waals surface area contributed by atoms with Gasteiger partial charge < -0.3 is 11.1 Å². The summed E-state index contributed by atoms with van der Waals surface area (Å²) in [4.78, 5) is 29.0. The van der Waals surface area contributed by atoms with Crippen molar-refractivity contribution in [3.63, 3.8) is 0 Å². The fourth-order valence-corrected chi connectivity index (χ4v) is 2.96. The first-order valence-electron chi connectivity index (χ1n) is 8.73. The first-order valence-corrected chi connectivity index (χ1v) is 8.73. The molecule has 1 aromatic carbocycles. The van der Waals surface area contributed by atoms with Crippen LogP contribution in [0.5, 0.6) is 0 Å². The highest BCUT2D eigenvalue weighted by Gasteiger charge is 2.32. The minimum atomic E-state index is -0.809. The number of carbonyl (C=O) groups excluding carboxylic acids is 2. The van der Waals surface area contributed by atoms with Gasteiger partial charge in [0.1, 0.15) is 6.04 Å². The van der Waals surface area contributed by atoms with E-state index in [1.807, 2.05) is 51.1 Å². The van der Waals surface area contributed by atoms with Gasteiger partial charge in [0.15, 0.2) is 11.3 Å². The van der Waals surface area contributed by atoms with Crippen LogP contribution in [0.15, 0.2) is 48.7 Å². The molecule has 0 radical (unpaired) electrons. The SMILES string of the molecule is CC(C)(C)C(NC(=O)c1nn(Cc2ccccc2)c2ncccc12)C(N)=O. The van der Waals surface area contributed by atoms with Crippen LogP contribution in [0.3, 0.4) is 0 Å². The topological polar surface area (TPSA) is 103 Å². The molecular formula is C20H23N5O2. The molecule has 27 heavy (non-hydrogen) atoms. The molecule has 0 spiro atoms. The van der Waals surface area contributed by atoms with Crippen LogP contribution in [0.1, 0.15) is 36.8 Å². The van der Waals surface area contributed by atoms with Crippen molar-refractivity contribution in [1.82, 2.24) is 20.1 Å². The molecule has 0 fully saturated rings. The Bertz CT molecular complexity index is 973. The van der Waals surface area contributed by atoms with Crippen LogP contribution < -0.4 is 11.1 Å². The molecule has 7 nitrogen and oxygen atoms in total. The van der Waals surface area contributed by atoms with E-state index in [4.69, 9.17) is 5.73 Å². The molecule has 1 unspecified atom stereocenters. The maximum Gasteiger partial charge on any atom is 0.273 e. The second-order valence-electron chi connectivity index (χ2n) is 7.54. The van der Waals surface area contributed by atoms with Crippen molar-refractivity contribution in [2.75, 3.05) is 0 Å². The smallest absolute Gasteiger partial charge is 0.273 e. The lowest BCUT2D eigenvalue weighted by atomic mass is 9.86. The summed E-state index contributed by atoms with van der Waals surface area (Å²) in [6, 6.07) is 12.5. The normalized spacial score (nSPS) is 12.7. The van der Waals surface area contributed by atoms with Gasteiger partial charge in [-0.15, -0.1) is 0 Å². The van der Waals surface area contributed by atoms with E-state index in [0.29, 0.717) is 17.6 Å². The van der Waals surface area contributed by atoms with E-state index in [0.717, 1.165) is 5.56 Å². The number of rotatable bonds is 5. The van der Waals surface area contributed by atoms with Gasteiger partial charge in [0.05, 0.1) is 11.9 Å². The Morgan fingerprint density at radius 1 is 1.15 bits per heavy atom. The lowest BCUT2D eigenvalue weighted by Gasteiger charge is -2.28. The van der Waals surface area contributed by atoms with Crippen molar-refractivity contribution in [3.8, 4) is 0 Å². The van der Waals surface area contributed by atoms with Crippen molar-refractivity contribution in [2.24, 2.45) is 11.1 Å². The molecule has 0 aliphatic heterocycles. The summed E-state index contributed by atoms with van der Waals surface area (Å²) < 4.78 is 1.69. The number of benzene rings is 1. The van der Waals surface area contributed by atoms with E-state index < -0.39 is 23.3 Å². The van der Waals surface area contributed by atoms with Gasteiger partial charge >= 0.3 is 0 Å². The van der Waals surface area contributed by atoms with Crippen LogP contribution in [0.4, 0.5) is 0 Å². The van der Waals surface area contributed by atoms with Gasteiger partial charge in [-0.3, -0.25) is 9.59 Å². The lowest BCUT2D eigenvalue weighted by Crippen LogP contribution is -2.52. The minimum absolute atomic E-state index is 0.226. The summed E-state index contributed by atoms with van der Waals surface area (Å²) in [6.45, 7) is 6.02. The van der Waals surface area contributed by atoms with Gasteiger partial charge in [-0.2, -0.15) is 5.10 Å². The van der Waals surface area contributed by atoms with Crippen molar-refractivity contribution in [1.29, 1.82) is 0 Å². The zero-order valence-corrected chi connectivity index (χ0v) is 15.6. The first-order chi connectivity index (χ1) is 12.8. The monoisotopic (exact) mass is 365 g/mol. The van der Waals surface area contributed by atoms with Crippen molar-refractivity contribution < 1.29 is 9.59 Å². The van der Waals surface area contributed by atoms with Gasteiger partial charge in [0.2, 0.25) is 5.91 Å². The third-order valence-electron chi connectivity index (χ3n) is 4.32. The predicted molar refractivity (Wildman–Crippen MR) is 103 cm³/mol. The van der Waals surface area contributed by atoms with Gasteiger partial charge in [0, 0.05) is 6.20 Å². The predicted octanol–water partition coefficient (Wildman–Crippen LogP) is 2.11. The molecule has 3 N–H and O–H groups in total. The summed E-state index contributed by atoms with van der Waals surface area (Å²) in [5.74, 6) is -1.03. The molecule has 0 saturated heterocycles. The Hall–Kier alpha value is -3.22. The highest BCUT2D eigenvalue weighted by atomic mass is 16.2. The number of nitrogens with zero attached hydrogens (tertiary/aromatic N) is 3. The number of amides is 2. The molecule has 7 heteroatoms. The number of hydrogen-bond acceptors (Lipinski definition) is 4. The molecule has 2 heterocycles. The van der Waals surface area contributed by atoms with Gasteiger partial charge in [-0.25, -0.2) is 9.67 Å². The molecule has 2 amide bonds. The fraction of sp³-hybridized carbons (Fsp3) is 0.300. The molecule has 2 aromatic heterocycles. The summed E-state index contributed by atoms with van der Waals surface area (Å²) in [6.07, 6.45) is 1.66. The van der Waals surface area contributed by atoms with Crippen molar-refractivity contribution >= 4 is 22.8 Å². The van der Waals surface area contributed by atoms with E-state index in [1.165, 1.54) is 0 Å². The Kier molecular flexibility index (Phi) is 4.94. The van der Waals surface area contributed by atoms with Crippen molar-refractivity contribution in [2.45, 2.75) is 33.4 Å². The molecule has 0 bridgehead atoms. The Balaban J connectivity index is 1.97. The van der Waals surface area contributed by atoms with Crippen LogP contribution in [0, 0.1) is 5.41 Å². The van der Waals surface area contributed by atoms with E-state index in [9.17, 15) is 9.59 Å². The number of aromatic nitrogens is 3. The Labute approximate surface area is 157 Å². The largest absolute Gasteiger partial charge is 0.368 e. The summed E-state index contributed by atoms with van der Waals surface area (Å²) in [7, 11) is 0. The third-order valence-corrected chi connectivity index (χ3v) is 4.32. The van der Waals surface area contributed by atoms with Crippen LogP contribution >= 0.6 is 0 Å². The highest BCUT2D eigenvalue weighted by Crippen LogP contribution is 2.21. The number of pyridine rings is 1. The number of nitrogens with two attached hydrogens (primary N) is 1. The van der Waals surface area contributed by atoms with Gasteiger partial charge in [-0.1, -0.05) is 51.1 Å². The minimum Gasteiger partial charge on any atom is -0.368 e. The molecule has 3 aromatic rings. The number of primary amides is 1. The number of carbonyl (C=O) groups is 2. The summed E-state index contributed by atoms with van der Waals surface area (Å²) in [5, 5.41) is 7.82. The molecule has 0 aliphatic carbocycles. The zero-order valence-electron chi connectivity index (χ0n) is 15.6. The summed E-state index contributed by atoms with van der Waals surface area (Å²) >= 11 is 0. The molecule has 0 saturated carbocycles. The highest BCUT2D eigenvalue weighted by molar-refractivity contribution is 6.05. The number of hydrogen-bond donors (Lipinski definition) is 2. The molecule has 1 atom stereocenters. The fourth-order valence-electron chi connectivity index (χ4n) is 2.96. The maximum absolute atomic E-state index is 12.9. The molecule has 3 rings (SSSR count). The molecule has 140 valence electrons. The second-order valence-corrected chi connectivity index (χ2v) is 7.54. The average Bonchev–Trinajstić information content (AvgIpc) is 2.98. The lowest BCUT2D eigenvalue weighted by molar-refractivity contribution is -0.122. The quantitative estimate of drug-likeness (QED) is 0.723. The van der Waals surface area contributed by atoms with E-state index in [-0.39, 0.29) is 5.69 Å². The van der Waals surface area contributed by atoms with E-state index in [2.05, 4.69) is 15.4 Å². The second kappa shape index (κ2) is 7.19. The number of nitrogens with one attached hydrogen (secondary N) is 1. The van der Waals surface area contributed by atoms with Gasteiger partial charge in [-0.05, 0) is 23.1 Å². The van der Waals surface area contributed by atoms with Crippen LogP contribution in [-0.2, 0) is 11.3 Å². The van der Waals surface area contributed by atoms with Crippen LogP contribution in [0.2, 0.25) is 0 Å². The zero-order chi connectivity index (χ0) is 19.6. The Morgan fingerprint density at radius 2 is 1.85 bits per heavy atom. The standard InChI is InChI=1S/C20H23N5O2/c1-20(2,3)16(17(21)26)23-19(27)15-14-10-7-11-22-18(14)25(24-15)12-13-8-5-4-6-9-13/h4-11,16H,12H2,1-3H3,(H2,21,26)(H,23,27).